The Morgan fingerprint density at radius 1 is 0.442 bits per heavy atom. The molecule has 0 saturated heterocycles. The molecule has 10 heteroatoms. The van der Waals surface area contributed by atoms with Crippen molar-refractivity contribution in [2.24, 2.45) is 10.3 Å². The van der Waals surface area contributed by atoms with E-state index in [1.807, 2.05) is 125 Å². The minimum Gasteiger partial charge on any atom is -0.385 e. The quantitative estimate of drug-likeness (QED) is 0.145. The van der Waals surface area contributed by atoms with Gasteiger partial charge in [0.05, 0.1) is 11.5 Å². The predicted octanol–water partition coefficient (Wildman–Crippen LogP) is 7.84. The van der Waals surface area contributed by atoms with Crippen LogP contribution in [0.3, 0.4) is 0 Å². The topological polar surface area (TPSA) is 111 Å². The number of sulfone groups is 2. The fourth-order valence-electron chi connectivity index (χ4n) is 6.69. The highest BCUT2D eigenvalue weighted by Gasteiger charge is 2.47. The van der Waals surface area contributed by atoms with Crippen LogP contribution in [0.25, 0.3) is 0 Å². The van der Waals surface area contributed by atoms with Gasteiger partial charge in [-0.3, -0.25) is 0 Å². The lowest BCUT2D eigenvalue weighted by Crippen LogP contribution is -2.35. The van der Waals surface area contributed by atoms with Gasteiger partial charge in [0.15, 0.2) is 42.4 Å². The highest BCUT2D eigenvalue weighted by atomic mass is 32.2. The molecule has 0 fully saturated rings. The van der Waals surface area contributed by atoms with Gasteiger partial charge in [0.1, 0.15) is 11.4 Å². The van der Waals surface area contributed by atoms with Crippen LogP contribution < -0.4 is 0 Å². The molecular formula is C42H40N2O6S2. The van der Waals surface area contributed by atoms with Crippen molar-refractivity contribution >= 4 is 31.1 Å². The molecule has 0 saturated carbocycles. The summed E-state index contributed by atoms with van der Waals surface area (Å²) in [4.78, 5) is 11.9. The summed E-state index contributed by atoms with van der Waals surface area (Å²) in [5, 5.41) is 6.54. The molecule has 4 atom stereocenters. The second kappa shape index (κ2) is 14.2. The zero-order valence-electron chi connectivity index (χ0n) is 29.4. The van der Waals surface area contributed by atoms with E-state index in [0.29, 0.717) is 44.8 Å². The van der Waals surface area contributed by atoms with Crippen molar-refractivity contribution in [2.45, 2.75) is 61.9 Å². The van der Waals surface area contributed by atoms with E-state index >= 15 is 0 Å². The minimum atomic E-state index is -3.84. The lowest BCUT2D eigenvalue weighted by atomic mass is 9.95. The Balaban J connectivity index is 1.22. The van der Waals surface area contributed by atoms with Gasteiger partial charge in [0.25, 0.3) is 0 Å². The maximum Gasteiger partial charge on any atom is 0.175 e. The van der Waals surface area contributed by atoms with E-state index in [0.717, 1.165) is 22.3 Å². The molecule has 0 bridgehead atoms. The molecular weight excluding hydrogens is 693 g/mol. The number of nitrogens with zero attached hydrogens (tertiary/aromatic N) is 2. The highest BCUT2D eigenvalue weighted by Crippen LogP contribution is 2.40. The average Bonchev–Trinajstić information content (AvgIpc) is 3.78. The fraction of sp³-hybridized carbons (Fsp3) is 0.238. The number of benzene rings is 5. The molecule has 5 aromatic rings. The van der Waals surface area contributed by atoms with Gasteiger partial charge in [-0.05, 0) is 49.9 Å². The maximum atomic E-state index is 14.2. The molecule has 0 radical (unpaired) electrons. The summed E-state index contributed by atoms with van der Waals surface area (Å²) in [6.07, 6.45) is -1.85. The fourth-order valence-corrected chi connectivity index (χ4v) is 10.6. The number of hydrogen-bond donors (Lipinski definition) is 0. The zero-order chi connectivity index (χ0) is 36.6. The van der Waals surface area contributed by atoms with E-state index in [9.17, 15) is 16.8 Å². The summed E-state index contributed by atoms with van der Waals surface area (Å²) >= 11 is 0. The molecule has 0 spiro atoms. The Bertz CT molecular complexity index is 2180. The van der Waals surface area contributed by atoms with Crippen LogP contribution in [0, 0.1) is 27.7 Å². The van der Waals surface area contributed by atoms with Crippen LogP contribution >= 0.6 is 0 Å². The third-order valence-electron chi connectivity index (χ3n) is 9.66. The van der Waals surface area contributed by atoms with Crippen molar-refractivity contribution in [3.8, 4) is 0 Å². The SMILES string of the molecule is Cc1ccc(CS(=O)(=O)C2C(c3ccc(C)cc3)=NOC2c2ccc(C3ON=C(c4ccc(C)cc4)C3S(=O)(=O)Cc3ccc(C)cc3)cc2)cc1. The molecule has 0 aromatic heterocycles. The molecule has 0 N–H and O–H groups in total. The molecule has 0 aliphatic carbocycles. The lowest BCUT2D eigenvalue weighted by molar-refractivity contribution is 0.0845. The smallest absolute Gasteiger partial charge is 0.175 e. The van der Waals surface area contributed by atoms with Gasteiger partial charge in [-0.1, -0.05) is 154 Å². The lowest BCUT2D eigenvalue weighted by Gasteiger charge is -2.22. The number of aryl methyl sites for hydroxylation is 4. The Kier molecular flexibility index (Phi) is 9.63. The molecule has 4 unspecified atom stereocenters. The van der Waals surface area contributed by atoms with Crippen LogP contribution in [0.5, 0.6) is 0 Å². The van der Waals surface area contributed by atoms with Crippen molar-refractivity contribution in [3.63, 3.8) is 0 Å². The molecule has 7 rings (SSSR count). The van der Waals surface area contributed by atoms with Crippen LogP contribution in [-0.4, -0.2) is 38.8 Å². The summed E-state index contributed by atoms with van der Waals surface area (Å²) in [5.41, 5.74) is 8.72. The van der Waals surface area contributed by atoms with Gasteiger partial charge in [-0.2, -0.15) is 0 Å². The first kappa shape index (κ1) is 35.3. The molecule has 2 aliphatic heterocycles. The largest absolute Gasteiger partial charge is 0.385 e. The average molecular weight is 733 g/mol. The highest BCUT2D eigenvalue weighted by molar-refractivity contribution is 7.92. The molecule has 2 aliphatic rings. The van der Waals surface area contributed by atoms with Crippen molar-refractivity contribution < 1.29 is 26.5 Å². The van der Waals surface area contributed by atoms with E-state index in [4.69, 9.17) is 9.68 Å². The Hall–Kier alpha value is -5.06. The zero-order valence-corrected chi connectivity index (χ0v) is 31.1. The maximum absolute atomic E-state index is 14.2. The molecule has 8 nitrogen and oxygen atoms in total. The Labute approximate surface area is 305 Å². The van der Waals surface area contributed by atoms with Gasteiger partial charge in [-0.25, -0.2) is 16.8 Å². The second-order valence-corrected chi connectivity index (χ2v) is 18.1. The third kappa shape index (κ3) is 7.31. The van der Waals surface area contributed by atoms with Gasteiger partial charge in [0, 0.05) is 11.1 Å². The van der Waals surface area contributed by atoms with Gasteiger partial charge in [-0.15, -0.1) is 0 Å². The summed E-state index contributed by atoms with van der Waals surface area (Å²) in [6.45, 7) is 7.85. The first-order chi connectivity index (χ1) is 24.9. The third-order valence-corrected chi connectivity index (χ3v) is 13.6. The van der Waals surface area contributed by atoms with E-state index in [1.54, 1.807) is 24.3 Å². The minimum absolute atomic E-state index is 0.184. The van der Waals surface area contributed by atoms with Crippen LogP contribution in [0.2, 0.25) is 0 Å². The molecule has 266 valence electrons. The number of hydrogen-bond acceptors (Lipinski definition) is 8. The van der Waals surface area contributed by atoms with E-state index in [2.05, 4.69) is 10.3 Å². The second-order valence-electron chi connectivity index (χ2n) is 13.8. The summed E-state index contributed by atoms with van der Waals surface area (Å²) in [7, 11) is -7.67. The van der Waals surface area contributed by atoms with Crippen molar-refractivity contribution in [2.75, 3.05) is 0 Å². The first-order valence-electron chi connectivity index (χ1n) is 17.1. The van der Waals surface area contributed by atoms with Gasteiger partial charge < -0.3 is 9.68 Å². The number of rotatable bonds is 10. The molecule has 0 amide bonds. The monoisotopic (exact) mass is 732 g/mol. The van der Waals surface area contributed by atoms with E-state index in [-0.39, 0.29) is 11.5 Å². The van der Waals surface area contributed by atoms with E-state index < -0.39 is 42.4 Å². The predicted molar refractivity (Wildman–Crippen MR) is 205 cm³/mol. The Morgan fingerprint density at radius 2 is 0.731 bits per heavy atom. The standard InChI is InChI=1S/C42H40N2O6S2/c1-27-5-13-31(14-6-27)25-51(45,46)41-37(33-17-9-29(3)10-18-33)43-49-39(41)35-21-23-36(24-22-35)40-42(38(44-50-40)34-19-11-30(4)12-20-34)52(47,48)26-32-15-7-28(2)8-16-32/h5-24,39-42H,25-26H2,1-4H3. The van der Waals surface area contributed by atoms with Crippen molar-refractivity contribution in [1.29, 1.82) is 0 Å². The summed E-state index contributed by atoms with van der Waals surface area (Å²) in [6, 6.07) is 37.1. The van der Waals surface area contributed by atoms with Crippen LogP contribution in [0.1, 0.15) is 67.8 Å². The molecule has 2 heterocycles. The first-order valence-corrected chi connectivity index (χ1v) is 20.6. The summed E-state index contributed by atoms with van der Waals surface area (Å²) in [5.74, 6) is -0.368. The Morgan fingerprint density at radius 3 is 1.04 bits per heavy atom. The van der Waals surface area contributed by atoms with Crippen molar-refractivity contribution in [3.05, 3.63) is 177 Å². The van der Waals surface area contributed by atoms with E-state index in [1.165, 1.54) is 0 Å². The molecule has 52 heavy (non-hydrogen) atoms. The van der Waals surface area contributed by atoms with Gasteiger partial charge >= 0.3 is 0 Å². The van der Waals surface area contributed by atoms with Crippen LogP contribution in [0.4, 0.5) is 0 Å². The molecule has 5 aromatic carbocycles. The van der Waals surface area contributed by atoms with Crippen LogP contribution in [-0.2, 0) is 40.9 Å². The van der Waals surface area contributed by atoms with Crippen molar-refractivity contribution in [1.82, 2.24) is 0 Å². The summed E-state index contributed by atoms with van der Waals surface area (Å²) < 4.78 is 57.0. The van der Waals surface area contributed by atoms with Crippen LogP contribution in [0.15, 0.2) is 132 Å². The normalized spacial score (nSPS) is 20.2. The van der Waals surface area contributed by atoms with Gasteiger partial charge in [0.2, 0.25) is 0 Å². The number of oxime groups is 2.